The second kappa shape index (κ2) is 7.78. The van der Waals surface area contributed by atoms with Crippen molar-refractivity contribution in [2.45, 2.75) is 25.9 Å². The molecule has 0 saturated heterocycles. The first-order valence-corrected chi connectivity index (χ1v) is 10.7. The summed E-state index contributed by atoms with van der Waals surface area (Å²) >= 11 is 6.03. The van der Waals surface area contributed by atoms with Crippen LogP contribution in [0.4, 0.5) is 0 Å². The van der Waals surface area contributed by atoms with Gasteiger partial charge in [0, 0.05) is 52.0 Å². The van der Waals surface area contributed by atoms with E-state index < -0.39 is 0 Å². The maximum absolute atomic E-state index is 13.5. The van der Waals surface area contributed by atoms with Crippen molar-refractivity contribution in [2.75, 3.05) is 13.7 Å². The molecule has 0 fully saturated rings. The van der Waals surface area contributed by atoms with Crippen LogP contribution < -0.4 is 4.74 Å². The molecule has 0 saturated carbocycles. The molecule has 3 heterocycles. The smallest absolute Gasteiger partial charge is 0.254 e. The summed E-state index contributed by atoms with van der Waals surface area (Å²) in [5.41, 5.74) is 4.91. The van der Waals surface area contributed by atoms with Gasteiger partial charge in [-0.2, -0.15) is 5.10 Å². The fourth-order valence-corrected chi connectivity index (χ4v) is 4.54. The fraction of sp³-hybridized carbons (Fsp3) is 0.250. The van der Waals surface area contributed by atoms with Crippen LogP contribution >= 0.6 is 11.6 Å². The molecule has 4 aromatic rings. The predicted molar refractivity (Wildman–Crippen MR) is 121 cm³/mol. The van der Waals surface area contributed by atoms with Crippen molar-refractivity contribution < 1.29 is 9.53 Å². The number of halogens is 1. The Bertz CT molecular complexity index is 1260. The van der Waals surface area contributed by atoms with Gasteiger partial charge >= 0.3 is 0 Å². The summed E-state index contributed by atoms with van der Waals surface area (Å²) < 4.78 is 7.33. The Labute approximate surface area is 185 Å². The molecule has 31 heavy (non-hydrogen) atoms. The number of methoxy groups -OCH3 is 1. The van der Waals surface area contributed by atoms with Gasteiger partial charge in [-0.1, -0.05) is 11.6 Å². The second-order valence-electron chi connectivity index (χ2n) is 7.72. The van der Waals surface area contributed by atoms with Crippen molar-refractivity contribution in [3.8, 4) is 5.75 Å². The number of fused-ring (bicyclic) bond motifs is 3. The number of rotatable bonds is 4. The lowest BCUT2D eigenvalue weighted by Gasteiger charge is -2.35. The summed E-state index contributed by atoms with van der Waals surface area (Å²) in [6, 6.07) is 12.9. The molecule has 1 atom stereocenters. The summed E-state index contributed by atoms with van der Waals surface area (Å²) in [5.74, 6) is 0.803. The van der Waals surface area contributed by atoms with Crippen molar-refractivity contribution in [1.82, 2.24) is 19.7 Å². The average molecular weight is 435 g/mol. The van der Waals surface area contributed by atoms with Crippen LogP contribution in [0.1, 0.15) is 40.1 Å². The summed E-state index contributed by atoms with van der Waals surface area (Å²) in [6.07, 6.45) is 4.64. The molecule has 2 aromatic carbocycles. The molecule has 0 radical (unpaired) electrons. The van der Waals surface area contributed by atoms with Gasteiger partial charge in [-0.3, -0.25) is 9.48 Å². The van der Waals surface area contributed by atoms with Crippen molar-refractivity contribution in [1.29, 1.82) is 0 Å². The fourth-order valence-electron chi connectivity index (χ4n) is 4.41. The molecule has 6 nitrogen and oxygen atoms in total. The number of hydrogen-bond donors (Lipinski definition) is 1. The number of nitrogens with zero attached hydrogens (tertiary/aromatic N) is 3. The molecule has 1 N–H and O–H groups in total. The zero-order chi connectivity index (χ0) is 21.5. The van der Waals surface area contributed by atoms with Gasteiger partial charge in [0.15, 0.2) is 0 Å². The predicted octanol–water partition coefficient (Wildman–Crippen LogP) is 4.83. The van der Waals surface area contributed by atoms with Crippen LogP contribution in [0.2, 0.25) is 5.02 Å². The van der Waals surface area contributed by atoms with E-state index >= 15 is 0 Å². The number of aromatic amines is 1. The average Bonchev–Trinajstić information content (AvgIpc) is 3.42. The number of aromatic nitrogens is 3. The molecule has 5 rings (SSSR count). The summed E-state index contributed by atoms with van der Waals surface area (Å²) in [6.45, 7) is 3.43. The third kappa shape index (κ3) is 3.37. The first-order valence-electron chi connectivity index (χ1n) is 10.4. The molecule has 0 bridgehead atoms. The highest BCUT2D eigenvalue weighted by Gasteiger charge is 2.35. The standard InChI is InChI=1S/C24H23ClN4O2/c1-3-28-14-16(13-26-28)23-22-19(20-12-18(31-2)8-9-21(20)27-22)10-11-29(23)24(30)15-4-6-17(25)7-5-15/h4-9,12-14,23,27H,3,10-11H2,1-2H3. The van der Waals surface area contributed by atoms with Crippen molar-refractivity contribution in [2.24, 2.45) is 0 Å². The molecule has 0 spiro atoms. The molecular weight excluding hydrogens is 412 g/mol. The summed E-state index contributed by atoms with van der Waals surface area (Å²) in [7, 11) is 1.68. The van der Waals surface area contributed by atoms with Gasteiger partial charge in [0.25, 0.3) is 5.91 Å². The molecule has 1 amide bonds. The van der Waals surface area contributed by atoms with Gasteiger partial charge < -0.3 is 14.6 Å². The number of nitrogens with one attached hydrogen (secondary N) is 1. The number of hydrogen-bond acceptors (Lipinski definition) is 3. The lowest BCUT2D eigenvalue weighted by molar-refractivity contribution is 0.0692. The van der Waals surface area contributed by atoms with Crippen LogP contribution in [0, 0.1) is 0 Å². The van der Waals surface area contributed by atoms with Crippen LogP contribution in [-0.4, -0.2) is 39.2 Å². The number of aryl methyl sites for hydroxylation is 1. The minimum absolute atomic E-state index is 0.0206. The summed E-state index contributed by atoms with van der Waals surface area (Å²) in [5, 5.41) is 6.22. The maximum atomic E-state index is 13.5. The van der Waals surface area contributed by atoms with Crippen LogP contribution in [-0.2, 0) is 13.0 Å². The highest BCUT2D eigenvalue weighted by Crippen LogP contribution is 2.40. The van der Waals surface area contributed by atoms with Crippen LogP contribution in [0.3, 0.4) is 0 Å². The number of carbonyl (C=O) groups excluding carboxylic acids is 1. The molecule has 158 valence electrons. The molecule has 0 aliphatic carbocycles. The minimum Gasteiger partial charge on any atom is -0.497 e. The van der Waals surface area contributed by atoms with Gasteiger partial charge in [-0.15, -0.1) is 0 Å². The van der Waals surface area contributed by atoms with E-state index in [1.54, 1.807) is 31.4 Å². The molecule has 1 aliphatic rings. The second-order valence-corrected chi connectivity index (χ2v) is 8.15. The zero-order valence-electron chi connectivity index (χ0n) is 17.4. The number of amides is 1. The Morgan fingerprint density at radius 2 is 2.06 bits per heavy atom. The van der Waals surface area contributed by atoms with Crippen LogP contribution in [0.25, 0.3) is 10.9 Å². The van der Waals surface area contributed by atoms with E-state index in [-0.39, 0.29) is 11.9 Å². The highest BCUT2D eigenvalue weighted by atomic mass is 35.5. The van der Waals surface area contributed by atoms with E-state index in [9.17, 15) is 4.79 Å². The number of H-pyrrole nitrogens is 1. The highest BCUT2D eigenvalue weighted by molar-refractivity contribution is 6.30. The lowest BCUT2D eigenvalue weighted by Crippen LogP contribution is -2.40. The normalized spacial score (nSPS) is 15.8. The lowest BCUT2D eigenvalue weighted by atomic mass is 9.93. The van der Waals surface area contributed by atoms with Crippen molar-refractivity contribution in [3.05, 3.63) is 82.3 Å². The quantitative estimate of drug-likeness (QED) is 0.500. The van der Waals surface area contributed by atoms with Gasteiger partial charge in [-0.25, -0.2) is 0 Å². The van der Waals surface area contributed by atoms with E-state index in [1.807, 2.05) is 34.1 Å². The van der Waals surface area contributed by atoms with E-state index in [4.69, 9.17) is 16.3 Å². The third-order valence-corrected chi connectivity index (χ3v) is 6.23. The zero-order valence-corrected chi connectivity index (χ0v) is 18.2. The Morgan fingerprint density at radius 3 is 2.77 bits per heavy atom. The molecule has 1 aliphatic heterocycles. The van der Waals surface area contributed by atoms with Gasteiger partial charge in [0.2, 0.25) is 0 Å². The van der Waals surface area contributed by atoms with E-state index in [0.717, 1.165) is 40.9 Å². The first kappa shape index (κ1) is 19.7. The Hall–Kier alpha value is -3.25. The summed E-state index contributed by atoms with van der Waals surface area (Å²) in [4.78, 5) is 19.0. The van der Waals surface area contributed by atoms with Crippen molar-refractivity contribution >= 4 is 28.4 Å². The SMILES string of the molecule is CCn1cc(C2c3[nH]c4ccc(OC)cc4c3CCN2C(=O)c2ccc(Cl)cc2)cn1. The Morgan fingerprint density at radius 1 is 1.26 bits per heavy atom. The monoisotopic (exact) mass is 434 g/mol. The van der Waals surface area contributed by atoms with E-state index in [2.05, 4.69) is 23.1 Å². The molecule has 2 aromatic heterocycles. The van der Waals surface area contributed by atoms with Crippen LogP contribution in [0.15, 0.2) is 54.9 Å². The Balaban J connectivity index is 1.64. The maximum Gasteiger partial charge on any atom is 0.254 e. The van der Waals surface area contributed by atoms with Crippen LogP contribution in [0.5, 0.6) is 5.75 Å². The van der Waals surface area contributed by atoms with Crippen molar-refractivity contribution in [3.63, 3.8) is 0 Å². The van der Waals surface area contributed by atoms with Gasteiger partial charge in [0.05, 0.1) is 13.3 Å². The minimum atomic E-state index is -0.245. The van der Waals surface area contributed by atoms with Gasteiger partial charge in [-0.05, 0) is 61.4 Å². The third-order valence-electron chi connectivity index (χ3n) is 5.98. The largest absolute Gasteiger partial charge is 0.497 e. The van der Waals surface area contributed by atoms with Gasteiger partial charge in [0.1, 0.15) is 11.8 Å². The molecule has 7 heteroatoms. The van der Waals surface area contributed by atoms with E-state index in [0.29, 0.717) is 17.1 Å². The Kier molecular flexibility index (Phi) is 4.94. The number of ether oxygens (including phenoxy) is 1. The van der Waals surface area contributed by atoms with E-state index in [1.165, 1.54) is 5.56 Å². The first-order chi connectivity index (χ1) is 15.1. The molecule has 1 unspecified atom stereocenters. The number of carbonyl (C=O) groups is 1. The topological polar surface area (TPSA) is 63.1 Å². The molecular formula is C24H23ClN4O2. The number of benzene rings is 2.